The van der Waals surface area contributed by atoms with Gasteiger partial charge in [-0.3, -0.25) is 4.79 Å². The van der Waals surface area contributed by atoms with Gasteiger partial charge in [-0.15, -0.1) is 0 Å². The summed E-state index contributed by atoms with van der Waals surface area (Å²) in [6.45, 7) is 6.11. The topological polar surface area (TPSA) is 80.7 Å². The molecule has 1 unspecified atom stereocenters. The van der Waals surface area contributed by atoms with E-state index in [1.165, 1.54) is 11.8 Å². The normalized spacial score (nSPS) is 19.2. The van der Waals surface area contributed by atoms with Crippen molar-refractivity contribution in [2.24, 2.45) is 4.99 Å². The van der Waals surface area contributed by atoms with E-state index in [2.05, 4.69) is 0 Å². The van der Waals surface area contributed by atoms with Crippen LogP contribution in [0, 0.1) is 0 Å². The molecule has 1 atom stereocenters. The molecule has 0 spiro atoms. The zero-order valence-electron chi connectivity index (χ0n) is 20.9. The van der Waals surface area contributed by atoms with Crippen LogP contribution in [-0.2, 0) is 19.1 Å². The molecule has 37 heavy (non-hydrogen) atoms. The Labute approximate surface area is 220 Å². The highest BCUT2D eigenvalue weighted by Gasteiger charge is 2.41. The van der Waals surface area contributed by atoms with Gasteiger partial charge in [-0.1, -0.05) is 42.1 Å². The molecule has 0 bridgehead atoms. The number of hydrogen-bond acceptors (Lipinski definition) is 8. The van der Waals surface area contributed by atoms with Crippen LogP contribution in [0.4, 0.5) is 0 Å². The molecular formula is C28H29N3O5S. The molecule has 0 aromatic heterocycles. The quantitative estimate of drug-likeness (QED) is 0.483. The third-order valence-corrected chi connectivity index (χ3v) is 7.23. The summed E-state index contributed by atoms with van der Waals surface area (Å²) in [4.78, 5) is 34.9. The molecule has 2 aromatic carbocycles. The van der Waals surface area contributed by atoms with Gasteiger partial charge in [0.25, 0.3) is 0 Å². The zero-order valence-corrected chi connectivity index (χ0v) is 21.7. The summed E-state index contributed by atoms with van der Waals surface area (Å²) in [6.07, 6.45) is 0.206. The van der Waals surface area contributed by atoms with Gasteiger partial charge in [-0.05, 0) is 49.1 Å². The molecule has 0 aliphatic carbocycles. The maximum Gasteiger partial charge on any atom is 0.338 e. The first-order chi connectivity index (χ1) is 18.0. The van der Waals surface area contributed by atoms with Crippen LogP contribution in [0.25, 0.3) is 0 Å². The number of amides is 1. The van der Waals surface area contributed by atoms with E-state index < -0.39 is 12.0 Å². The lowest BCUT2D eigenvalue weighted by atomic mass is 9.93. The van der Waals surface area contributed by atoms with Crippen LogP contribution in [0.5, 0.6) is 11.5 Å². The van der Waals surface area contributed by atoms with Crippen LogP contribution in [0.3, 0.4) is 0 Å². The van der Waals surface area contributed by atoms with Crippen molar-refractivity contribution in [3.05, 3.63) is 82.5 Å². The molecule has 192 valence electrons. The van der Waals surface area contributed by atoms with Crippen molar-refractivity contribution in [3.8, 4) is 11.5 Å². The summed E-state index contributed by atoms with van der Waals surface area (Å²) in [5, 5.41) is 2.69. The van der Waals surface area contributed by atoms with Crippen molar-refractivity contribution in [3.63, 3.8) is 0 Å². The second-order valence-electron chi connectivity index (χ2n) is 8.77. The molecule has 3 heterocycles. The lowest BCUT2D eigenvalue weighted by Crippen LogP contribution is -2.42. The van der Waals surface area contributed by atoms with Gasteiger partial charge < -0.3 is 24.0 Å². The number of benzene rings is 2. The fraction of sp³-hybridized carbons (Fsp3) is 0.321. The van der Waals surface area contributed by atoms with Crippen LogP contribution in [0.1, 0.15) is 31.9 Å². The number of amidine groups is 1. The van der Waals surface area contributed by atoms with E-state index in [1.807, 2.05) is 76.7 Å². The van der Waals surface area contributed by atoms with E-state index >= 15 is 0 Å². The number of aliphatic imine (C=N–C) groups is 1. The number of allylic oxidation sites excluding steroid dienone is 1. The highest BCUT2D eigenvalue weighted by atomic mass is 32.2. The number of thioether (sulfide) groups is 1. The van der Waals surface area contributed by atoms with Crippen molar-refractivity contribution < 1.29 is 23.8 Å². The van der Waals surface area contributed by atoms with Crippen molar-refractivity contribution in [1.29, 1.82) is 0 Å². The number of para-hydroxylation sites is 1. The van der Waals surface area contributed by atoms with Crippen molar-refractivity contribution in [1.82, 2.24) is 9.80 Å². The van der Waals surface area contributed by atoms with Gasteiger partial charge in [0.15, 0.2) is 5.17 Å². The maximum atomic E-state index is 13.2. The molecule has 5 rings (SSSR count). The molecule has 3 aliphatic heterocycles. The van der Waals surface area contributed by atoms with E-state index in [0.717, 1.165) is 22.2 Å². The first kappa shape index (κ1) is 25.1. The third-order valence-electron chi connectivity index (χ3n) is 6.34. The smallest absolute Gasteiger partial charge is 0.338 e. The number of carbonyl (C=O) groups is 2. The summed E-state index contributed by atoms with van der Waals surface area (Å²) >= 11 is 1.46. The summed E-state index contributed by atoms with van der Waals surface area (Å²) in [6, 6.07) is 16.7. The summed E-state index contributed by atoms with van der Waals surface area (Å²) < 4.78 is 16.9. The fourth-order valence-corrected chi connectivity index (χ4v) is 5.57. The Balaban J connectivity index is 1.50. The monoisotopic (exact) mass is 519 g/mol. The predicted octanol–water partition coefficient (Wildman–Crippen LogP) is 4.87. The van der Waals surface area contributed by atoms with Gasteiger partial charge in [0.05, 0.1) is 43.6 Å². The Morgan fingerprint density at radius 2 is 1.84 bits per heavy atom. The number of morpholine rings is 1. The fourth-order valence-electron chi connectivity index (χ4n) is 4.61. The molecule has 3 aliphatic rings. The second-order valence-corrected chi connectivity index (χ2v) is 9.61. The molecule has 2 aromatic rings. The first-order valence-corrected chi connectivity index (χ1v) is 13.2. The Morgan fingerprint density at radius 1 is 1.08 bits per heavy atom. The zero-order chi connectivity index (χ0) is 25.8. The molecule has 9 heteroatoms. The van der Waals surface area contributed by atoms with Crippen molar-refractivity contribution in [2.75, 3.05) is 32.9 Å². The minimum absolute atomic E-state index is 0.0280. The predicted molar refractivity (Wildman–Crippen MR) is 142 cm³/mol. The van der Waals surface area contributed by atoms with Crippen molar-refractivity contribution >= 4 is 28.8 Å². The molecule has 0 radical (unpaired) electrons. The minimum Gasteiger partial charge on any atom is -0.463 e. The maximum absolute atomic E-state index is 13.2. The Bertz CT molecular complexity index is 1270. The summed E-state index contributed by atoms with van der Waals surface area (Å²) in [7, 11) is 0. The summed E-state index contributed by atoms with van der Waals surface area (Å²) in [5.74, 6) is 0.977. The number of fused-ring (bicyclic) bond motifs is 1. The highest BCUT2D eigenvalue weighted by Crippen LogP contribution is 2.45. The summed E-state index contributed by atoms with van der Waals surface area (Å²) in [5.41, 5.74) is 2.70. The van der Waals surface area contributed by atoms with Gasteiger partial charge in [-0.2, -0.15) is 0 Å². The van der Waals surface area contributed by atoms with Gasteiger partial charge >= 0.3 is 5.97 Å². The lowest BCUT2D eigenvalue weighted by molar-refractivity contribution is -0.139. The standard InChI is InChI=1S/C28H29N3O5S/c1-3-35-27(33)25-19(2)29-28-31(21(18-37-28)17-24(32)30-12-14-34-15-13-30)26(25)20-8-7-11-23(16-20)36-22-9-5-4-6-10-22/h4-11,16,18,26H,3,12-15,17H2,1-2H3. The number of hydrogen-bond donors (Lipinski definition) is 0. The van der Waals surface area contributed by atoms with Gasteiger partial charge in [0, 0.05) is 18.8 Å². The SMILES string of the molecule is CCOC(=O)C1=C(C)N=C2SC=C(CC(=O)N3CCOCC3)N2C1c1cccc(Oc2ccccc2)c1. The average Bonchev–Trinajstić information content (AvgIpc) is 3.31. The second kappa shape index (κ2) is 11.2. The van der Waals surface area contributed by atoms with Crippen LogP contribution >= 0.6 is 11.8 Å². The largest absolute Gasteiger partial charge is 0.463 e. The average molecular weight is 520 g/mol. The Kier molecular flexibility index (Phi) is 7.62. The van der Waals surface area contributed by atoms with E-state index in [-0.39, 0.29) is 18.9 Å². The number of carbonyl (C=O) groups excluding carboxylic acids is 2. The van der Waals surface area contributed by atoms with Crippen LogP contribution in [-0.4, -0.2) is 59.8 Å². The Morgan fingerprint density at radius 3 is 2.59 bits per heavy atom. The van der Waals surface area contributed by atoms with Gasteiger partial charge in [0.1, 0.15) is 11.5 Å². The number of esters is 1. The molecule has 1 fully saturated rings. The van der Waals surface area contributed by atoms with Crippen molar-refractivity contribution in [2.45, 2.75) is 26.3 Å². The number of rotatable bonds is 7. The Hall–Kier alpha value is -3.56. The highest BCUT2D eigenvalue weighted by molar-refractivity contribution is 8.16. The lowest BCUT2D eigenvalue weighted by Gasteiger charge is -2.37. The third kappa shape index (κ3) is 5.42. The molecule has 0 N–H and O–H groups in total. The van der Waals surface area contributed by atoms with Crippen LogP contribution in [0.15, 0.2) is 82.0 Å². The van der Waals surface area contributed by atoms with Gasteiger partial charge in [-0.25, -0.2) is 9.79 Å². The van der Waals surface area contributed by atoms with Crippen LogP contribution < -0.4 is 4.74 Å². The molecule has 1 saturated heterocycles. The van der Waals surface area contributed by atoms with E-state index in [4.69, 9.17) is 19.2 Å². The first-order valence-electron chi connectivity index (χ1n) is 12.3. The number of ether oxygens (including phenoxy) is 3. The number of nitrogens with zero attached hydrogens (tertiary/aromatic N) is 3. The molecule has 0 saturated carbocycles. The minimum atomic E-state index is -0.510. The van der Waals surface area contributed by atoms with E-state index in [1.54, 1.807) is 6.92 Å². The van der Waals surface area contributed by atoms with E-state index in [9.17, 15) is 9.59 Å². The van der Waals surface area contributed by atoms with Gasteiger partial charge in [0.2, 0.25) is 5.91 Å². The molecule has 1 amide bonds. The molecule has 8 nitrogen and oxygen atoms in total. The van der Waals surface area contributed by atoms with E-state index in [0.29, 0.717) is 43.3 Å². The molecular weight excluding hydrogens is 490 g/mol. The van der Waals surface area contributed by atoms with Crippen LogP contribution in [0.2, 0.25) is 0 Å².